The molecule has 3 N–H and O–H groups in total. The second kappa shape index (κ2) is 7.76. The molecule has 2 aromatic heterocycles. The van der Waals surface area contributed by atoms with Crippen LogP contribution in [0.4, 0.5) is 17.7 Å². The van der Waals surface area contributed by atoms with Crippen LogP contribution in [0, 0.1) is 5.92 Å². The molecule has 0 amide bonds. The molecule has 3 rings (SSSR count). The lowest BCUT2D eigenvalue weighted by Crippen LogP contribution is -2.18. The standard InChI is InChI=1S/C15H23N7O.ClH/c1-9(23)6-16-14-18-8-11-12(20-14)13(22(2)3)21-15(19-11)17-7-10-4-5-10;/h8-10,23H,4-7H2,1-3H3,(H,16,18,20)(H,17,19,21);1H. The lowest BCUT2D eigenvalue weighted by Gasteiger charge is -2.16. The molecule has 0 bridgehead atoms. The van der Waals surface area contributed by atoms with Gasteiger partial charge in [0.1, 0.15) is 11.0 Å². The lowest BCUT2D eigenvalue weighted by molar-refractivity contribution is 0.208. The summed E-state index contributed by atoms with van der Waals surface area (Å²) < 4.78 is 0. The van der Waals surface area contributed by atoms with Gasteiger partial charge < -0.3 is 20.6 Å². The topological polar surface area (TPSA) is 99.1 Å². The fourth-order valence-electron chi connectivity index (χ4n) is 2.19. The van der Waals surface area contributed by atoms with E-state index in [1.165, 1.54) is 12.8 Å². The number of anilines is 3. The molecule has 24 heavy (non-hydrogen) atoms. The SMILES string of the molecule is CC(O)CNc1ncc2nc(NCC3CC3)nc(N(C)C)c2n1.Cl. The Morgan fingerprint density at radius 1 is 1.21 bits per heavy atom. The number of aliphatic hydroxyl groups is 1. The van der Waals surface area contributed by atoms with E-state index in [9.17, 15) is 5.11 Å². The summed E-state index contributed by atoms with van der Waals surface area (Å²) in [7, 11) is 3.86. The van der Waals surface area contributed by atoms with Crippen LogP contribution in [0.15, 0.2) is 6.20 Å². The lowest BCUT2D eigenvalue weighted by atomic mass is 10.3. The van der Waals surface area contributed by atoms with Crippen molar-refractivity contribution in [1.82, 2.24) is 19.9 Å². The second-order valence-electron chi connectivity index (χ2n) is 6.25. The molecule has 1 aliphatic carbocycles. The van der Waals surface area contributed by atoms with Crippen LogP contribution in [0.3, 0.4) is 0 Å². The van der Waals surface area contributed by atoms with E-state index in [4.69, 9.17) is 0 Å². The first-order valence-electron chi connectivity index (χ1n) is 7.91. The van der Waals surface area contributed by atoms with Gasteiger partial charge in [0.15, 0.2) is 5.82 Å². The van der Waals surface area contributed by atoms with Crippen LogP contribution in [0.1, 0.15) is 19.8 Å². The predicted octanol–water partition coefficient (Wildman–Crippen LogP) is 1.52. The number of aliphatic hydroxyl groups excluding tert-OH is 1. The third-order valence-corrected chi connectivity index (χ3v) is 3.64. The Morgan fingerprint density at radius 2 is 1.96 bits per heavy atom. The van der Waals surface area contributed by atoms with E-state index in [2.05, 4.69) is 30.6 Å². The van der Waals surface area contributed by atoms with Gasteiger partial charge in [0.05, 0.1) is 12.3 Å². The third kappa shape index (κ3) is 4.55. The molecule has 0 aromatic carbocycles. The highest BCUT2D eigenvalue weighted by molar-refractivity contribution is 5.86. The van der Waals surface area contributed by atoms with Crippen LogP contribution in [-0.2, 0) is 0 Å². The quantitative estimate of drug-likeness (QED) is 0.689. The molecule has 1 atom stereocenters. The summed E-state index contributed by atoms with van der Waals surface area (Å²) >= 11 is 0. The van der Waals surface area contributed by atoms with Crippen molar-refractivity contribution in [3.05, 3.63) is 6.20 Å². The minimum absolute atomic E-state index is 0. The van der Waals surface area contributed by atoms with Gasteiger partial charge in [-0.3, -0.25) is 0 Å². The minimum atomic E-state index is -0.465. The molecule has 1 unspecified atom stereocenters. The largest absolute Gasteiger partial charge is 0.392 e. The van der Waals surface area contributed by atoms with E-state index >= 15 is 0 Å². The fourth-order valence-corrected chi connectivity index (χ4v) is 2.19. The Hall–Kier alpha value is -1.93. The molecule has 1 fully saturated rings. The van der Waals surface area contributed by atoms with E-state index < -0.39 is 6.10 Å². The van der Waals surface area contributed by atoms with E-state index in [1.807, 2.05) is 19.0 Å². The van der Waals surface area contributed by atoms with Gasteiger partial charge >= 0.3 is 0 Å². The van der Waals surface area contributed by atoms with Crippen LogP contribution in [0.2, 0.25) is 0 Å². The number of rotatable bonds is 7. The molecule has 132 valence electrons. The van der Waals surface area contributed by atoms with E-state index in [-0.39, 0.29) is 12.4 Å². The molecular formula is C15H24ClN7O. The van der Waals surface area contributed by atoms with Crippen molar-refractivity contribution in [2.24, 2.45) is 5.92 Å². The van der Waals surface area contributed by atoms with E-state index in [1.54, 1.807) is 13.1 Å². The molecule has 0 saturated heterocycles. The number of nitrogens with zero attached hydrogens (tertiary/aromatic N) is 5. The van der Waals surface area contributed by atoms with Crippen LogP contribution in [0.25, 0.3) is 11.0 Å². The van der Waals surface area contributed by atoms with Crippen molar-refractivity contribution < 1.29 is 5.11 Å². The Balaban J connectivity index is 0.00000208. The number of nitrogens with one attached hydrogen (secondary N) is 2. The maximum atomic E-state index is 9.36. The Kier molecular flexibility index (Phi) is 5.95. The molecule has 2 aromatic rings. The monoisotopic (exact) mass is 353 g/mol. The van der Waals surface area contributed by atoms with Gasteiger partial charge in [0.2, 0.25) is 11.9 Å². The summed E-state index contributed by atoms with van der Waals surface area (Å²) in [6.45, 7) is 3.01. The number of halogens is 1. The van der Waals surface area contributed by atoms with Crippen molar-refractivity contribution in [2.45, 2.75) is 25.9 Å². The number of hydrogen-bond acceptors (Lipinski definition) is 8. The first-order valence-corrected chi connectivity index (χ1v) is 7.91. The zero-order valence-corrected chi connectivity index (χ0v) is 15.0. The van der Waals surface area contributed by atoms with Crippen molar-refractivity contribution in [3.8, 4) is 0 Å². The molecule has 8 nitrogen and oxygen atoms in total. The van der Waals surface area contributed by atoms with Gasteiger partial charge in [-0.05, 0) is 25.7 Å². The molecule has 9 heteroatoms. The van der Waals surface area contributed by atoms with Crippen molar-refractivity contribution >= 4 is 41.2 Å². The van der Waals surface area contributed by atoms with Crippen molar-refractivity contribution in [1.29, 1.82) is 0 Å². The number of aromatic nitrogens is 4. The summed E-state index contributed by atoms with van der Waals surface area (Å²) in [5, 5.41) is 15.7. The average Bonchev–Trinajstić information content (AvgIpc) is 3.34. The number of fused-ring (bicyclic) bond motifs is 1. The van der Waals surface area contributed by atoms with Crippen molar-refractivity contribution in [3.63, 3.8) is 0 Å². The summed E-state index contributed by atoms with van der Waals surface area (Å²) in [4.78, 5) is 19.7. The van der Waals surface area contributed by atoms with E-state index in [0.29, 0.717) is 29.5 Å². The van der Waals surface area contributed by atoms with Gasteiger partial charge in [0, 0.05) is 27.2 Å². The smallest absolute Gasteiger partial charge is 0.225 e. The van der Waals surface area contributed by atoms with Crippen LogP contribution < -0.4 is 15.5 Å². The summed E-state index contributed by atoms with van der Waals surface area (Å²) in [5.41, 5.74) is 1.39. The van der Waals surface area contributed by atoms with Crippen LogP contribution in [-0.4, -0.2) is 58.3 Å². The third-order valence-electron chi connectivity index (χ3n) is 3.64. The second-order valence-corrected chi connectivity index (χ2v) is 6.25. The first kappa shape index (κ1) is 18.4. The fraction of sp³-hybridized carbons (Fsp3) is 0.600. The van der Waals surface area contributed by atoms with Gasteiger partial charge in [-0.1, -0.05) is 0 Å². The zero-order chi connectivity index (χ0) is 16.4. The molecule has 1 aliphatic rings. The Labute approximate surface area is 147 Å². The molecule has 0 radical (unpaired) electrons. The van der Waals surface area contributed by atoms with Gasteiger partial charge in [-0.2, -0.15) is 4.98 Å². The maximum Gasteiger partial charge on any atom is 0.225 e. The normalized spacial score (nSPS) is 14.8. The zero-order valence-electron chi connectivity index (χ0n) is 14.2. The molecule has 1 saturated carbocycles. The summed E-state index contributed by atoms with van der Waals surface area (Å²) in [6.07, 6.45) is 3.78. The van der Waals surface area contributed by atoms with E-state index in [0.717, 1.165) is 18.3 Å². The maximum absolute atomic E-state index is 9.36. The average molecular weight is 354 g/mol. The highest BCUT2D eigenvalue weighted by Gasteiger charge is 2.21. The van der Waals surface area contributed by atoms with Gasteiger partial charge in [0.25, 0.3) is 0 Å². The molecule has 2 heterocycles. The molecule has 0 aliphatic heterocycles. The highest BCUT2D eigenvalue weighted by Crippen LogP contribution is 2.29. The van der Waals surface area contributed by atoms with Gasteiger partial charge in [-0.15, -0.1) is 12.4 Å². The number of hydrogen-bond donors (Lipinski definition) is 3. The Morgan fingerprint density at radius 3 is 2.58 bits per heavy atom. The van der Waals surface area contributed by atoms with Crippen LogP contribution in [0.5, 0.6) is 0 Å². The van der Waals surface area contributed by atoms with Crippen molar-refractivity contribution in [2.75, 3.05) is 42.7 Å². The summed E-state index contributed by atoms with van der Waals surface area (Å²) in [5.74, 6) is 2.57. The first-order chi connectivity index (χ1) is 11.0. The molecule has 0 spiro atoms. The highest BCUT2D eigenvalue weighted by atomic mass is 35.5. The minimum Gasteiger partial charge on any atom is -0.392 e. The molecular weight excluding hydrogens is 330 g/mol. The van der Waals surface area contributed by atoms with Crippen LogP contribution >= 0.6 is 12.4 Å². The Bertz CT molecular complexity index is 691. The van der Waals surface area contributed by atoms with Gasteiger partial charge in [-0.25, -0.2) is 15.0 Å². The summed E-state index contributed by atoms with van der Waals surface area (Å²) in [6, 6.07) is 0. The predicted molar refractivity (Wildman–Crippen MR) is 98.1 cm³/mol.